The second kappa shape index (κ2) is 4.29. The lowest BCUT2D eigenvalue weighted by Gasteiger charge is -2.24. The van der Waals surface area contributed by atoms with Crippen LogP contribution >= 0.6 is 0 Å². The number of hydrogen-bond acceptors (Lipinski definition) is 4. The Bertz CT molecular complexity index is 494. The molecule has 90 valence electrons. The van der Waals surface area contributed by atoms with Crippen molar-refractivity contribution in [3.8, 4) is 11.4 Å². The van der Waals surface area contributed by atoms with Crippen LogP contribution in [0.3, 0.4) is 0 Å². The van der Waals surface area contributed by atoms with Crippen LogP contribution in [-0.2, 0) is 7.05 Å². The van der Waals surface area contributed by atoms with Crippen LogP contribution in [0.1, 0.15) is 18.9 Å². The Kier molecular flexibility index (Phi) is 2.64. The van der Waals surface area contributed by atoms with Gasteiger partial charge >= 0.3 is 0 Å². The molecule has 2 aromatic rings. The molecule has 0 aromatic carbocycles. The van der Waals surface area contributed by atoms with Crippen molar-refractivity contribution in [1.82, 2.24) is 29.9 Å². The molecular weight excluding hydrogens is 216 g/mol. The number of rotatable bonds is 2. The number of nitrogens with one attached hydrogen (secondary N) is 1. The van der Waals surface area contributed by atoms with Crippen LogP contribution in [0.2, 0.25) is 0 Å². The summed E-state index contributed by atoms with van der Waals surface area (Å²) < 4.78 is 3.97. The van der Waals surface area contributed by atoms with Gasteiger partial charge in [0.1, 0.15) is 6.33 Å². The van der Waals surface area contributed by atoms with Crippen molar-refractivity contribution in [2.45, 2.75) is 18.9 Å². The fourth-order valence-electron chi connectivity index (χ4n) is 2.34. The molecule has 0 atom stereocenters. The Balaban J connectivity index is 1.93. The molecular formula is C11H16N6. The van der Waals surface area contributed by atoms with Crippen molar-refractivity contribution in [2.75, 3.05) is 13.1 Å². The van der Waals surface area contributed by atoms with Crippen molar-refractivity contribution in [1.29, 1.82) is 0 Å². The Morgan fingerprint density at radius 1 is 1.35 bits per heavy atom. The summed E-state index contributed by atoms with van der Waals surface area (Å²) in [4.78, 5) is 0. The van der Waals surface area contributed by atoms with Crippen LogP contribution in [0.15, 0.2) is 18.7 Å². The molecule has 0 bridgehead atoms. The molecule has 0 radical (unpaired) electrons. The van der Waals surface area contributed by atoms with Gasteiger partial charge in [-0.2, -0.15) is 5.10 Å². The van der Waals surface area contributed by atoms with E-state index in [2.05, 4.69) is 25.2 Å². The van der Waals surface area contributed by atoms with Gasteiger partial charge in [0.2, 0.25) is 0 Å². The normalized spacial score (nSPS) is 17.5. The molecule has 0 spiro atoms. The minimum absolute atomic E-state index is 0.501. The van der Waals surface area contributed by atoms with Crippen molar-refractivity contribution in [3.05, 3.63) is 18.7 Å². The van der Waals surface area contributed by atoms with E-state index in [4.69, 9.17) is 0 Å². The second-order valence-electron chi connectivity index (χ2n) is 4.45. The molecule has 2 aromatic heterocycles. The van der Waals surface area contributed by atoms with Crippen LogP contribution in [0.4, 0.5) is 0 Å². The maximum absolute atomic E-state index is 4.21. The molecule has 0 unspecified atom stereocenters. The molecule has 6 nitrogen and oxygen atoms in total. The third kappa shape index (κ3) is 1.95. The Labute approximate surface area is 99.7 Å². The van der Waals surface area contributed by atoms with E-state index in [1.165, 1.54) is 0 Å². The predicted molar refractivity (Wildman–Crippen MR) is 63.4 cm³/mol. The summed E-state index contributed by atoms with van der Waals surface area (Å²) in [5, 5.41) is 15.8. The highest BCUT2D eigenvalue weighted by Gasteiger charge is 2.19. The number of nitrogens with zero attached hydrogens (tertiary/aromatic N) is 5. The molecule has 1 fully saturated rings. The van der Waals surface area contributed by atoms with Crippen LogP contribution in [0, 0.1) is 0 Å². The molecule has 3 heterocycles. The van der Waals surface area contributed by atoms with E-state index in [9.17, 15) is 0 Å². The summed E-state index contributed by atoms with van der Waals surface area (Å²) in [5.41, 5.74) is 1.03. The van der Waals surface area contributed by atoms with Gasteiger partial charge in [-0.1, -0.05) is 0 Å². The molecule has 0 saturated carbocycles. The van der Waals surface area contributed by atoms with E-state index >= 15 is 0 Å². The molecule has 0 amide bonds. The number of hydrogen-bond donors (Lipinski definition) is 1. The largest absolute Gasteiger partial charge is 0.317 e. The van der Waals surface area contributed by atoms with Crippen molar-refractivity contribution < 1.29 is 0 Å². The zero-order valence-corrected chi connectivity index (χ0v) is 9.87. The third-order valence-electron chi connectivity index (χ3n) is 3.24. The SMILES string of the molecule is Cn1cc(-c2nncn2C2CCNCC2)cn1. The van der Waals surface area contributed by atoms with E-state index in [1.54, 1.807) is 4.68 Å². The van der Waals surface area contributed by atoms with E-state index in [1.807, 2.05) is 25.8 Å². The highest BCUT2D eigenvalue weighted by Crippen LogP contribution is 2.24. The summed E-state index contributed by atoms with van der Waals surface area (Å²) in [5.74, 6) is 0.921. The van der Waals surface area contributed by atoms with Gasteiger partial charge in [0.15, 0.2) is 5.82 Å². The molecule has 17 heavy (non-hydrogen) atoms. The first-order chi connectivity index (χ1) is 8.34. The highest BCUT2D eigenvalue weighted by molar-refractivity contribution is 5.52. The van der Waals surface area contributed by atoms with Crippen molar-refractivity contribution in [2.24, 2.45) is 7.05 Å². The molecule has 1 aliphatic rings. The van der Waals surface area contributed by atoms with Gasteiger partial charge in [0.05, 0.1) is 11.8 Å². The highest BCUT2D eigenvalue weighted by atomic mass is 15.3. The van der Waals surface area contributed by atoms with Gasteiger partial charge in [0.25, 0.3) is 0 Å². The van der Waals surface area contributed by atoms with Gasteiger partial charge in [-0.3, -0.25) is 4.68 Å². The Hall–Kier alpha value is -1.69. The first-order valence-electron chi connectivity index (χ1n) is 5.94. The van der Waals surface area contributed by atoms with Gasteiger partial charge in [-0.25, -0.2) is 0 Å². The summed E-state index contributed by atoms with van der Waals surface area (Å²) in [6.45, 7) is 2.13. The van der Waals surface area contributed by atoms with E-state index in [-0.39, 0.29) is 0 Å². The van der Waals surface area contributed by atoms with Gasteiger partial charge in [-0.15, -0.1) is 10.2 Å². The van der Waals surface area contributed by atoms with Gasteiger partial charge in [0, 0.05) is 19.3 Å². The van der Waals surface area contributed by atoms with Crippen LogP contribution in [0.5, 0.6) is 0 Å². The molecule has 1 aliphatic heterocycles. The summed E-state index contributed by atoms with van der Waals surface area (Å²) >= 11 is 0. The Morgan fingerprint density at radius 3 is 2.88 bits per heavy atom. The third-order valence-corrected chi connectivity index (χ3v) is 3.24. The van der Waals surface area contributed by atoms with Crippen LogP contribution < -0.4 is 5.32 Å². The lowest BCUT2D eigenvalue weighted by molar-refractivity contribution is 0.370. The topological polar surface area (TPSA) is 60.6 Å². The average molecular weight is 232 g/mol. The molecule has 1 saturated heterocycles. The minimum Gasteiger partial charge on any atom is -0.317 e. The first kappa shape index (κ1) is 10.5. The van der Waals surface area contributed by atoms with Gasteiger partial charge < -0.3 is 9.88 Å². The summed E-state index contributed by atoms with van der Waals surface area (Å²) in [6, 6.07) is 0.501. The summed E-state index contributed by atoms with van der Waals surface area (Å²) in [7, 11) is 1.91. The van der Waals surface area contributed by atoms with E-state index in [0.29, 0.717) is 6.04 Å². The smallest absolute Gasteiger partial charge is 0.167 e. The zero-order chi connectivity index (χ0) is 11.7. The second-order valence-corrected chi connectivity index (χ2v) is 4.45. The van der Waals surface area contributed by atoms with Crippen molar-refractivity contribution >= 4 is 0 Å². The summed E-state index contributed by atoms with van der Waals surface area (Å²) in [6.07, 6.45) is 7.90. The fraction of sp³-hybridized carbons (Fsp3) is 0.545. The lowest BCUT2D eigenvalue weighted by atomic mass is 10.1. The number of piperidine rings is 1. The standard InChI is InChI=1S/C11H16N6/c1-16-7-9(6-14-16)11-15-13-8-17(11)10-2-4-12-5-3-10/h6-8,10,12H,2-5H2,1H3. The first-order valence-corrected chi connectivity index (χ1v) is 5.94. The predicted octanol–water partition coefficient (Wildman–Crippen LogP) is 0.603. The molecule has 3 rings (SSSR count). The fourth-order valence-corrected chi connectivity index (χ4v) is 2.34. The van der Waals surface area contributed by atoms with Crippen LogP contribution in [-0.4, -0.2) is 37.6 Å². The number of aryl methyl sites for hydroxylation is 1. The van der Waals surface area contributed by atoms with E-state index < -0.39 is 0 Å². The van der Waals surface area contributed by atoms with Gasteiger partial charge in [-0.05, 0) is 25.9 Å². The van der Waals surface area contributed by atoms with Crippen LogP contribution in [0.25, 0.3) is 11.4 Å². The lowest BCUT2D eigenvalue weighted by Crippen LogP contribution is -2.29. The molecule has 0 aliphatic carbocycles. The number of aromatic nitrogens is 5. The zero-order valence-electron chi connectivity index (χ0n) is 9.87. The van der Waals surface area contributed by atoms with E-state index in [0.717, 1.165) is 37.3 Å². The maximum atomic E-state index is 4.21. The average Bonchev–Trinajstić information content (AvgIpc) is 2.98. The minimum atomic E-state index is 0.501. The van der Waals surface area contributed by atoms with Crippen molar-refractivity contribution in [3.63, 3.8) is 0 Å². The molecule has 1 N–H and O–H groups in total. The Morgan fingerprint density at radius 2 is 2.18 bits per heavy atom. The molecule has 6 heteroatoms. The maximum Gasteiger partial charge on any atom is 0.167 e. The monoisotopic (exact) mass is 232 g/mol. The quantitative estimate of drug-likeness (QED) is 0.824.